The maximum absolute atomic E-state index is 12.8. The first-order valence-electron chi connectivity index (χ1n) is 8.85. The highest BCUT2D eigenvalue weighted by Gasteiger charge is 2.38. The lowest BCUT2D eigenvalue weighted by Crippen LogP contribution is -2.47. The molecule has 1 saturated heterocycles. The number of carbonyl (C=O) groups excluding carboxylic acids is 1. The first kappa shape index (κ1) is 19.3. The van der Waals surface area contributed by atoms with Gasteiger partial charge >= 0.3 is 0 Å². The third kappa shape index (κ3) is 4.12. The van der Waals surface area contributed by atoms with E-state index in [1.54, 1.807) is 0 Å². The van der Waals surface area contributed by atoms with Gasteiger partial charge in [-0.15, -0.1) is 12.4 Å². The maximum Gasteiger partial charge on any atom is 0.225 e. The van der Waals surface area contributed by atoms with Gasteiger partial charge in [-0.2, -0.15) is 5.10 Å². The lowest BCUT2D eigenvalue weighted by Gasteiger charge is -2.40. The van der Waals surface area contributed by atoms with Crippen LogP contribution in [0.5, 0.6) is 0 Å². The molecule has 4 atom stereocenters. The van der Waals surface area contributed by atoms with E-state index in [0.717, 1.165) is 25.1 Å². The fraction of sp³-hybridized carbons (Fsp3) is 0.778. The summed E-state index contributed by atoms with van der Waals surface area (Å²) in [6.45, 7) is 8.56. The highest BCUT2D eigenvalue weighted by atomic mass is 35.5. The summed E-state index contributed by atoms with van der Waals surface area (Å²) in [4.78, 5) is 12.8. The molecule has 0 bridgehead atoms. The average Bonchev–Trinajstić information content (AvgIpc) is 3.09. The number of rotatable bonds is 3. The van der Waals surface area contributed by atoms with Crippen LogP contribution in [-0.4, -0.2) is 34.8 Å². The fourth-order valence-corrected chi connectivity index (χ4v) is 4.39. The van der Waals surface area contributed by atoms with Crippen LogP contribution in [0, 0.1) is 17.3 Å². The molecule has 2 aliphatic rings. The van der Waals surface area contributed by atoms with Gasteiger partial charge in [-0.05, 0) is 36.2 Å². The molecular formula is C18H31ClN4O. The molecule has 136 valence electrons. The number of hydrogen-bond acceptors (Lipinski definition) is 3. The number of aryl methyl sites for hydroxylation is 1. The van der Waals surface area contributed by atoms with E-state index in [0.29, 0.717) is 17.4 Å². The van der Waals surface area contributed by atoms with E-state index >= 15 is 0 Å². The van der Waals surface area contributed by atoms with Crippen molar-refractivity contribution in [2.75, 3.05) is 13.1 Å². The summed E-state index contributed by atoms with van der Waals surface area (Å²) < 4.78 is 1.81. The Morgan fingerprint density at radius 1 is 1.42 bits per heavy atom. The Kier molecular flexibility index (Phi) is 5.97. The summed E-state index contributed by atoms with van der Waals surface area (Å²) in [6.07, 6.45) is 7.40. The van der Waals surface area contributed by atoms with E-state index in [4.69, 9.17) is 0 Å². The third-order valence-corrected chi connectivity index (χ3v) is 5.73. The van der Waals surface area contributed by atoms with E-state index in [-0.39, 0.29) is 30.2 Å². The first-order chi connectivity index (χ1) is 10.9. The summed E-state index contributed by atoms with van der Waals surface area (Å²) in [7, 11) is 1.92. The molecule has 1 aliphatic heterocycles. The number of carbonyl (C=O) groups is 1. The molecule has 0 aromatic carbocycles. The van der Waals surface area contributed by atoms with Crippen LogP contribution < -0.4 is 10.6 Å². The molecule has 1 aliphatic carbocycles. The van der Waals surface area contributed by atoms with Gasteiger partial charge in [0.2, 0.25) is 5.91 Å². The molecule has 1 aromatic rings. The molecule has 1 amide bonds. The predicted molar refractivity (Wildman–Crippen MR) is 98.3 cm³/mol. The van der Waals surface area contributed by atoms with E-state index in [1.165, 1.54) is 12.8 Å². The molecule has 1 aromatic heterocycles. The van der Waals surface area contributed by atoms with Crippen molar-refractivity contribution in [3.05, 3.63) is 18.0 Å². The second kappa shape index (κ2) is 7.44. The Morgan fingerprint density at radius 3 is 2.79 bits per heavy atom. The van der Waals surface area contributed by atoms with Gasteiger partial charge in [0.05, 0.1) is 12.1 Å². The van der Waals surface area contributed by atoms with Crippen molar-refractivity contribution in [2.24, 2.45) is 24.3 Å². The SMILES string of the molecule is CC1CC(C)(C)CCC1NC(=O)[C@H]1CNC[C@@H]1c1cnn(C)c1.Cl. The predicted octanol–water partition coefficient (Wildman–Crippen LogP) is 2.48. The number of amides is 1. The zero-order valence-electron chi connectivity index (χ0n) is 15.2. The minimum atomic E-state index is 0. The van der Waals surface area contributed by atoms with Crippen LogP contribution in [0.3, 0.4) is 0 Å². The van der Waals surface area contributed by atoms with E-state index in [1.807, 2.05) is 24.1 Å². The van der Waals surface area contributed by atoms with Crippen LogP contribution in [0.1, 0.15) is 51.5 Å². The number of halogens is 1. The standard InChI is InChI=1S/C18H30N4O.ClH/c1-12-7-18(2,3)6-5-16(12)21-17(23)15-10-19-9-14(15)13-8-20-22(4)11-13;/h8,11-12,14-16,19H,5-7,9-10H2,1-4H3,(H,21,23);1H/t12?,14-,15+,16?;/m1./s1. The molecule has 3 rings (SSSR count). The van der Waals surface area contributed by atoms with Crippen LogP contribution in [0.4, 0.5) is 0 Å². The van der Waals surface area contributed by atoms with E-state index in [9.17, 15) is 4.79 Å². The molecule has 2 fully saturated rings. The third-order valence-electron chi connectivity index (χ3n) is 5.73. The average molecular weight is 355 g/mol. The van der Waals surface area contributed by atoms with Gasteiger partial charge in [0.25, 0.3) is 0 Å². The molecule has 2 heterocycles. The molecule has 1 saturated carbocycles. The van der Waals surface area contributed by atoms with Crippen molar-refractivity contribution >= 4 is 18.3 Å². The largest absolute Gasteiger partial charge is 0.353 e. The van der Waals surface area contributed by atoms with Crippen LogP contribution >= 0.6 is 12.4 Å². The lowest BCUT2D eigenvalue weighted by molar-refractivity contribution is -0.126. The van der Waals surface area contributed by atoms with Gasteiger partial charge in [0.1, 0.15) is 0 Å². The molecule has 0 radical (unpaired) electrons. The first-order valence-corrected chi connectivity index (χ1v) is 8.85. The van der Waals surface area contributed by atoms with Crippen molar-refractivity contribution < 1.29 is 4.79 Å². The molecular weight excluding hydrogens is 324 g/mol. The molecule has 6 heteroatoms. The number of nitrogens with one attached hydrogen (secondary N) is 2. The minimum Gasteiger partial charge on any atom is -0.353 e. The van der Waals surface area contributed by atoms with Gasteiger partial charge < -0.3 is 10.6 Å². The lowest BCUT2D eigenvalue weighted by atomic mass is 9.70. The van der Waals surface area contributed by atoms with Gasteiger partial charge in [0, 0.05) is 38.3 Å². The second-order valence-corrected chi connectivity index (χ2v) is 8.32. The summed E-state index contributed by atoms with van der Waals surface area (Å²) in [5, 5.41) is 11.0. The Morgan fingerprint density at radius 2 is 2.17 bits per heavy atom. The van der Waals surface area contributed by atoms with E-state index in [2.05, 4.69) is 36.5 Å². The summed E-state index contributed by atoms with van der Waals surface area (Å²) in [5.74, 6) is 1.01. The Labute approximate surface area is 151 Å². The minimum absolute atomic E-state index is 0. The van der Waals surface area contributed by atoms with Gasteiger partial charge in [-0.3, -0.25) is 9.48 Å². The summed E-state index contributed by atoms with van der Waals surface area (Å²) >= 11 is 0. The van der Waals surface area contributed by atoms with Gasteiger partial charge in [-0.1, -0.05) is 20.8 Å². The van der Waals surface area contributed by atoms with Crippen LogP contribution in [-0.2, 0) is 11.8 Å². The normalized spacial score (nSPS) is 32.2. The van der Waals surface area contributed by atoms with Crippen molar-refractivity contribution in [1.29, 1.82) is 0 Å². The van der Waals surface area contributed by atoms with Crippen molar-refractivity contribution in [3.8, 4) is 0 Å². The highest BCUT2D eigenvalue weighted by molar-refractivity contribution is 5.85. The molecule has 0 spiro atoms. The van der Waals surface area contributed by atoms with Crippen molar-refractivity contribution in [3.63, 3.8) is 0 Å². The zero-order chi connectivity index (χ0) is 16.6. The quantitative estimate of drug-likeness (QED) is 0.876. The maximum atomic E-state index is 12.8. The summed E-state index contributed by atoms with van der Waals surface area (Å²) in [6, 6.07) is 0.325. The number of hydrogen-bond donors (Lipinski definition) is 2. The smallest absolute Gasteiger partial charge is 0.225 e. The molecule has 5 nitrogen and oxygen atoms in total. The number of nitrogens with zero attached hydrogens (tertiary/aromatic N) is 2. The molecule has 2 N–H and O–H groups in total. The monoisotopic (exact) mass is 354 g/mol. The Hall–Kier alpha value is -1.07. The van der Waals surface area contributed by atoms with Crippen LogP contribution in [0.2, 0.25) is 0 Å². The van der Waals surface area contributed by atoms with Crippen molar-refractivity contribution in [2.45, 2.75) is 52.0 Å². The Balaban J connectivity index is 0.00000208. The van der Waals surface area contributed by atoms with Gasteiger partial charge in [-0.25, -0.2) is 0 Å². The van der Waals surface area contributed by atoms with Crippen LogP contribution in [0.25, 0.3) is 0 Å². The molecule has 24 heavy (non-hydrogen) atoms. The van der Waals surface area contributed by atoms with Crippen molar-refractivity contribution in [1.82, 2.24) is 20.4 Å². The van der Waals surface area contributed by atoms with E-state index < -0.39 is 0 Å². The fourth-order valence-electron chi connectivity index (χ4n) is 4.39. The summed E-state index contributed by atoms with van der Waals surface area (Å²) in [5.41, 5.74) is 1.57. The Bertz CT molecular complexity index is 571. The number of aromatic nitrogens is 2. The topological polar surface area (TPSA) is 59.0 Å². The van der Waals surface area contributed by atoms with Crippen LogP contribution in [0.15, 0.2) is 12.4 Å². The van der Waals surface area contributed by atoms with Gasteiger partial charge in [0.15, 0.2) is 0 Å². The highest BCUT2D eigenvalue weighted by Crippen LogP contribution is 2.38. The second-order valence-electron chi connectivity index (χ2n) is 8.32. The molecule has 2 unspecified atom stereocenters. The zero-order valence-corrected chi connectivity index (χ0v) is 16.0.